The molecule has 92 valence electrons. The maximum absolute atomic E-state index is 9.11. The van der Waals surface area contributed by atoms with E-state index in [2.05, 4.69) is 6.07 Å². The van der Waals surface area contributed by atoms with Crippen LogP contribution in [0.4, 0.5) is 5.82 Å². The quantitative estimate of drug-likeness (QED) is 0.862. The van der Waals surface area contributed by atoms with Gasteiger partial charge in [0, 0.05) is 10.7 Å². The molecule has 0 saturated heterocycles. The average molecular weight is 280 g/mol. The molecular formula is C13H11Cl2N3. The summed E-state index contributed by atoms with van der Waals surface area (Å²) in [6.45, 7) is 3.75. The van der Waals surface area contributed by atoms with Gasteiger partial charge in [-0.2, -0.15) is 5.26 Å². The number of hydrogen-bond acceptors (Lipinski definition) is 2. The van der Waals surface area contributed by atoms with E-state index in [0.29, 0.717) is 27.1 Å². The number of nitriles is 1. The van der Waals surface area contributed by atoms with E-state index in [-0.39, 0.29) is 0 Å². The van der Waals surface area contributed by atoms with Crippen LogP contribution in [0.25, 0.3) is 5.69 Å². The highest BCUT2D eigenvalue weighted by Crippen LogP contribution is 2.32. The molecule has 0 radical (unpaired) electrons. The Kier molecular flexibility index (Phi) is 3.25. The lowest BCUT2D eigenvalue weighted by Gasteiger charge is -2.11. The number of benzene rings is 1. The van der Waals surface area contributed by atoms with Gasteiger partial charge in [0.1, 0.15) is 11.9 Å². The molecule has 0 aliphatic carbocycles. The second-order valence-corrected chi connectivity index (χ2v) is 4.86. The second-order valence-electron chi connectivity index (χ2n) is 4.01. The van der Waals surface area contributed by atoms with Crippen molar-refractivity contribution < 1.29 is 0 Å². The summed E-state index contributed by atoms with van der Waals surface area (Å²) < 4.78 is 1.75. The zero-order chi connectivity index (χ0) is 13.4. The molecule has 5 heteroatoms. The Morgan fingerprint density at radius 1 is 1.28 bits per heavy atom. The molecule has 2 N–H and O–H groups in total. The van der Waals surface area contributed by atoms with Crippen molar-refractivity contribution in [1.29, 1.82) is 5.26 Å². The Morgan fingerprint density at radius 2 is 1.94 bits per heavy atom. The van der Waals surface area contributed by atoms with Crippen LogP contribution in [-0.4, -0.2) is 4.57 Å². The standard InChI is InChI=1S/C13H11Cl2N3/c1-7-8(2)18(13(17)10(7)6-16)12-5-9(14)3-4-11(12)15/h3-5H,17H2,1-2H3. The van der Waals surface area contributed by atoms with Crippen molar-refractivity contribution >= 4 is 29.0 Å². The first-order valence-electron chi connectivity index (χ1n) is 5.30. The van der Waals surface area contributed by atoms with Crippen molar-refractivity contribution in [2.45, 2.75) is 13.8 Å². The average Bonchev–Trinajstić information content (AvgIpc) is 2.54. The van der Waals surface area contributed by atoms with Crippen LogP contribution in [0.5, 0.6) is 0 Å². The third-order valence-corrected chi connectivity index (χ3v) is 3.57. The molecule has 1 aromatic carbocycles. The topological polar surface area (TPSA) is 54.7 Å². The summed E-state index contributed by atoms with van der Waals surface area (Å²) in [5.41, 5.74) is 8.90. The predicted octanol–water partition coefficient (Wildman–Crippen LogP) is 3.85. The van der Waals surface area contributed by atoms with Gasteiger partial charge < -0.3 is 5.73 Å². The molecule has 0 bridgehead atoms. The molecule has 18 heavy (non-hydrogen) atoms. The van der Waals surface area contributed by atoms with Gasteiger partial charge in [-0.3, -0.25) is 4.57 Å². The highest BCUT2D eigenvalue weighted by atomic mass is 35.5. The summed E-state index contributed by atoms with van der Waals surface area (Å²) in [7, 11) is 0. The summed E-state index contributed by atoms with van der Waals surface area (Å²) in [5.74, 6) is 0.386. The molecule has 0 atom stereocenters. The van der Waals surface area contributed by atoms with Gasteiger partial charge in [0.2, 0.25) is 0 Å². The first-order chi connectivity index (χ1) is 8.47. The first kappa shape index (κ1) is 12.8. The minimum absolute atomic E-state index is 0.386. The van der Waals surface area contributed by atoms with Gasteiger partial charge >= 0.3 is 0 Å². The molecule has 0 amide bonds. The van der Waals surface area contributed by atoms with Crippen LogP contribution < -0.4 is 5.73 Å². The number of nitrogens with two attached hydrogens (primary N) is 1. The van der Waals surface area contributed by atoms with E-state index >= 15 is 0 Å². The van der Waals surface area contributed by atoms with E-state index in [0.717, 1.165) is 11.3 Å². The Bertz CT molecular complexity index is 666. The molecule has 0 aliphatic heterocycles. The van der Waals surface area contributed by atoms with E-state index in [1.807, 2.05) is 13.8 Å². The van der Waals surface area contributed by atoms with Gasteiger partial charge in [0.25, 0.3) is 0 Å². The van der Waals surface area contributed by atoms with E-state index < -0.39 is 0 Å². The van der Waals surface area contributed by atoms with Gasteiger partial charge in [-0.25, -0.2) is 0 Å². The molecule has 0 aliphatic rings. The fourth-order valence-electron chi connectivity index (χ4n) is 1.94. The highest BCUT2D eigenvalue weighted by molar-refractivity contribution is 6.34. The SMILES string of the molecule is Cc1c(C#N)c(N)n(-c2cc(Cl)ccc2Cl)c1C. The minimum Gasteiger partial charge on any atom is -0.384 e. The van der Waals surface area contributed by atoms with Crippen molar-refractivity contribution in [2.24, 2.45) is 0 Å². The third-order valence-electron chi connectivity index (χ3n) is 3.01. The number of halogens is 2. The molecule has 1 aromatic heterocycles. The first-order valence-corrected chi connectivity index (χ1v) is 6.06. The maximum Gasteiger partial charge on any atom is 0.126 e. The minimum atomic E-state index is 0.386. The summed E-state index contributed by atoms with van der Waals surface area (Å²) in [6, 6.07) is 7.25. The molecule has 0 spiro atoms. The van der Waals surface area contributed by atoms with Gasteiger partial charge in [-0.1, -0.05) is 23.2 Å². The Morgan fingerprint density at radius 3 is 2.50 bits per heavy atom. The zero-order valence-electron chi connectivity index (χ0n) is 9.96. The molecule has 1 heterocycles. The molecule has 3 nitrogen and oxygen atoms in total. The van der Waals surface area contributed by atoms with Crippen LogP contribution in [0.3, 0.4) is 0 Å². The van der Waals surface area contributed by atoms with Crippen LogP contribution >= 0.6 is 23.2 Å². The molecule has 0 saturated carbocycles. The van der Waals surface area contributed by atoms with E-state index in [1.54, 1.807) is 22.8 Å². The van der Waals surface area contributed by atoms with Gasteiger partial charge in [0.05, 0.1) is 16.3 Å². The number of nitrogen functional groups attached to an aromatic ring is 1. The summed E-state index contributed by atoms with van der Waals surface area (Å²) in [6.07, 6.45) is 0. The zero-order valence-corrected chi connectivity index (χ0v) is 11.5. The van der Waals surface area contributed by atoms with Gasteiger partial charge in [-0.15, -0.1) is 0 Å². The van der Waals surface area contributed by atoms with Crippen LogP contribution in [0, 0.1) is 25.2 Å². The predicted molar refractivity (Wildman–Crippen MR) is 74.4 cm³/mol. The van der Waals surface area contributed by atoms with Crippen LogP contribution in [0.2, 0.25) is 10.0 Å². The number of anilines is 1. The lowest BCUT2D eigenvalue weighted by molar-refractivity contribution is 1.02. The fraction of sp³-hybridized carbons (Fsp3) is 0.154. The lowest BCUT2D eigenvalue weighted by atomic mass is 10.2. The molecule has 0 fully saturated rings. The monoisotopic (exact) mass is 279 g/mol. The van der Waals surface area contributed by atoms with Crippen LogP contribution in [0.1, 0.15) is 16.8 Å². The van der Waals surface area contributed by atoms with Crippen LogP contribution in [-0.2, 0) is 0 Å². The third kappa shape index (κ3) is 1.84. The Labute approximate surface area is 115 Å². The smallest absolute Gasteiger partial charge is 0.126 e. The summed E-state index contributed by atoms with van der Waals surface area (Å²) in [5, 5.41) is 10.2. The summed E-state index contributed by atoms with van der Waals surface area (Å²) in [4.78, 5) is 0. The molecule has 2 rings (SSSR count). The van der Waals surface area contributed by atoms with E-state index in [9.17, 15) is 0 Å². The second kappa shape index (κ2) is 4.56. The van der Waals surface area contributed by atoms with Crippen molar-refractivity contribution in [2.75, 3.05) is 5.73 Å². The normalized spacial score (nSPS) is 10.4. The largest absolute Gasteiger partial charge is 0.384 e. The van der Waals surface area contributed by atoms with Crippen LogP contribution in [0.15, 0.2) is 18.2 Å². The number of nitrogens with zero attached hydrogens (tertiary/aromatic N) is 2. The number of aromatic nitrogens is 1. The van der Waals surface area contributed by atoms with Gasteiger partial charge in [0.15, 0.2) is 0 Å². The van der Waals surface area contributed by atoms with Crippen molar-refractivity contribution in [3.63, 3.8) is 0 Å². The van der Waals surface area contributed by atoms with Crippen molar-refractivity contribution in [3.8, 4) is 11.8 Å². The molecular weight excluding hydrogens is 269 g/mol. The number of rotatable bonds is 1. The van der Waals surface area contributed by atoms with E-state index in [4.69, 9.17) is 34.2 Å². The van der Waals surface area contributed by atoms with Crippen molar-refractivity contribution in [3.05, 3.63) is 45.1 Å². The lowest BCUT2D eigenvalue weighted by Crippen LogP contribution is -2.03. The molecule has 2 aromatic rings. The number of hydrogen-bond donors (Lipinski definition) is 1. The fourth-order valence-corrected chi connectivity index (χ4v) is 2.31. The summed E-state index contributed by atoms with van der Waals surface area (Å²) >= 11 is 12.1. The maximum atomic E-state index is 9.11. The van der Waals surface area contributed by atoms with E-state index in [1.165, 1.54) is 0 Å². The highest BCUT2D eigenvalue weighted by Gasteiger charge is 2.18. The van der Waals surface area contributed by atoms with Crippen molar-refractivity contribution in [1.82, 2.24) is 4.57 Å². The van der Waals surface area contributed by atoms with Gasteiger partial charge in [-0.05, 0) is 37.6 Å². The Hall–Kier alpha value is -1.63. The molecule has 0 unspecified atom stereocenters. The Balaban J connectivity index is 2.80.